The number of anilines is 1. The van der Waals surface area contributed by atoms with E-state index in [9.17, 15) is 8.42 Å². The maximum absolute atomic E-state index is 13.0. The van der Waals surface area contributed by atoms with Crippen molar-refractivity contribution in [2.75, 3.05) is 37.9 Å². The van der Waals surface area contributed by atoms with Gasteiger partial charge in [0.25, 0.3) is 0 Å². The molecule has 0 radical (unpaired) electrons. The summed E-state index contributed by atoms with van der Waals surface area (Å²) in [5, 5.41) is 7.15. The molecule has 180 valence electrons. The highest BCUT2D eigenvalue weighted by atomic mass is 35.5. The van der Waals surface area contributed by atoms with Crippen LogP contribution in [0.4, 0.5) is 11.4 Å². The van der Waals surface area contributed by atoms with Crippen molar-refractivity contribution in [2.45, 2.75) is 11.3 Å². The average molecular weight is 509 g/mol. The standard InChI is InChI=1S/C26H25ClN4O3S/c27-24-11-10-23(35(32,33)30-14-16-34-17-15-30)18-26(24)28-19-20-6-8-22(9-7-20)31-13-12-25(29-31)21-4-2-1-3-5-21/h1-11,18-19H,12-17H2. The Morgan fingerprint density at radius 2 is 1.69 bits per heavy atom. The minimum Gasteiger partial charge on any atom is -0.379 e. The van der Waals surface area contributed by atoms with Crippen LogP contribution in [0.1, 0.15) is 17.5 Å². The molecule has 9 heteroatoms. The quantitative estimate of drug-likeness (QED) is 0.451. The molecule has 5 rings (SSSR count). The Labute approximate surface area is 210 Å². The van der Waals surface area contributed by atoms with E-state index < -0.39 is 10.0 Å². The highest BCUT2D eigenvalue weighted by Crippen LogP contribution is 2.30. The normalized spacial score (nSPS) is 17.2. The van der Waals surface area contributed by atoms with Crippen molar-refractivity contribution in [1.29, 1.82) is 0 Å². The van der Waals surface area contributed by atoms with Crippen molar-refractivity contribution < 1.29 is 13.2 Å². The maximum Gasteiger partial charge on any atom is 0.243 e. The molecule has 0 aliphatic carbocycles. The topological polar surface area (TPSA) is 74.6 Å². The van der Waals surface area contributed by atoms with Gasteiger partial charge in [0.15, 0.2) is 0 Å². The van der Waals surface area contributed by atoms with Crippen LogP contribution in [0, 0.1) is 0 Å². The predicted octanol–water partition coefficient (Wildman–Crippen LogP) is 4.73. The molecule has 0 bridgehead atoms. The number of ether oxygens (including phenoxy) is 1. The second-order valence-electron chi connectivity index (χ2n) is 8.27. The van der Waals surface area contributed by atoms with E-state index in [4.69, 9.17) is 21.4 Å². The predicted molar refractivity (Wildman–Crippen MR) is 140 cm³/mol. The summed E-state index contributed by atoms with van der Waals surface area (Å²) in [5.74, 6) is 0. The number of nitrogens with zero attached hydrogens (tertiary/aromatic N) is 4. The third-order valence-corrected chi connectivity index (χ3v) is 8.19. The van der Waals surface area contributed by atoms with Gasteiger partial charge in [-0.1, -0.05) is 54.1 Å². The van der Waals surface area contributed by atoms with Crippen molar-refractivity contribution in [3.05, 3.63) is 88.9 Å². The third-order valence-electron chi connectivity index (χ3n) is 5.98. The first kappa shape index (κ1) is 23.7. The van der Waals surface area contributed by atoms with E-state index in [1.165, 1.54) is 16.4 Å². The van der Waals surface area contributed by atoms with Gasteiger partial charge in [-0.15, -0.1) is 0 Å². The minimum absolute atomic E-state index is 0.174. The monoisotopic (exact) mass is 508 g/mol. The lowest BCUT2D eigenvalue weighted by Gasteiger charge is -2.26. The van der Waals surface area contributed by atoms with Crippen LogP contribution in [0.5, 0.6) is 0 Å². The van der Waals surface area contributed by atoms with Gasteiger partial charge < -0.3 is 4.74 Å². The average Bonchev–Trinajstić information content (AvgIpc) is 3.40. The van der Waals surface area contributed by atoms with Crippen molar-refractivity contribution in [3.8, 4) is 0 Å². The smallest absolute Gasteiger partial charge is 0.243 e. The molecule has 2 aliphatic rings. The Kier molecular flexibility index (Phi) is 6.97. The number of hydrogen-bond donors (Lipinski definition) is 0. The molecular weight excluding hydrogens is 484 g/mol. The third kappa shape index (κ3) is 5.31. The largest absolute Gasteiger partial charge is 0.379 e. The van der Waals surface area contributed by atoms with Crippen molar-refractivity contribution in [3.63, 3.8) is 0 Å². The van der Waals surface area contributed by atoms with Gasteiger partial charge in [0.2, 0.25) is 10.0 Å². The Morgan fingerprint density at radius 1 is 0.943 bits per heavy atom. The summed E-state index contributed by atoms with van der Waals surface area (Å²) in [4.78, 5) is 4.64. The summed E-state index contributed by atoms with van der Waals surface area (Å²) in [6.07, 6.45) is 2.58. The van der Waals surface area contributed by atoms with Gasteiger partial charge in [0.1, 0.15) is 0 Å². The lowest BCUT2D eigenvalue weighted by molar-refractivity contribution is 0.0730. The highest BCUT2D eigenvalue weighted by Gasteiger charge is 2.26. The molecule has 3 aromatic carbocycles. The van der Waals surface area contributed by atoms with Gasteiger partial charge in [-0.05, 0) is 41.5 Å². The van der Waals surface area contributed by atoms with Crippen LogP contribution in [0.25, 0.3) is 0 Å². The molecule has 1 fully saturated rings. The first-order chi connectivity index (χ1) is 17.0. The lowest BCUT2D eigenvalue weighted by atomic mass is 10.1. The first-order valence-electron chi connectivity index (χ1n) is 11.4. The Balaban J connectivity index is 1.31. The van der Waals surface area contributed by atoms with Gasteiger partial charge in [-0.25, -0.2) is 8.42 Å². The summed E-state index contributed by atoms with van der Waals surface area (Å²) < 4.78 is 32.6. The molecule has 2 aliphatic heterocycles. The van der Waals surface area contributed by atoms with Crippen LogP contribution in [0.15, 0.2) is 87.8 Å². The minimum atomic E-state index is -3.62. The van der Waals surface area contributed by atoms with E-state index in [-0.39, 0.29) is 4.90 Å². The zero-order valence-corrected chi connectivity index (χ0v) is 20.6. The fraction of sp³-hybridized carbons (Fsp3) is 0.231. The van der Waals surface area contributed by atoms with Crippen LogP contribution in [-0.2, 0) is 14.8 Å². The molecular formula is C26H25ClN4O3S. The van der Waals surface area contributed by atoms with Gasteiger partial charge in [-0.2, -0.15) is 9.41 Å². The van der Waals surface area contributed by atoms with Crippen LogP contribution in [0.2, 0.25) is 5.02 Å². The fourth-order valence-corrected chi connectivity index (χ4v) is 5.64. The number of benzene rings is 3. The molecule has 0 aromatic heterocycles. The molecule has 0 amide bonds. The van der Waals surface area contributed by atoms with E-state index in [1.807, 2.05) is 47.5 Å². The van der Waals surface area contributed by atoms with Crippen LogP contribution < -0.4 is 5.01 Å². The van der Waals surface area contributed by atoms with E-state index in [2.05, 4.69) is 17.1 Å². The summed E-state index contributed by atoms with van der Waals surface area (Å²) in [5.41, 5.74) is 4.51. The van der Waals surface area contributed by atoms with E-state index in [0.29, 0.717) is 37.0 Å². The van der Waals surface area contributed by atoms with Crippen LogP contribution in [0.3, 0.4) is 0 Å². The number of halogens is 1. The van der Waals surface area contributed by atoms with Crippen molar-refractivity contribution >= 4 is 44.9 Å². The molecule has 3 aromatic rings. The van der Waals surface area contributed by atoms with Crippen molar-refractivity contribution in [2.24, 2.45) is 10.1 Å². The molecule has 35 heavy (non-hydrogen) atoms. The van der Waals surface area contributed by atoms with Gasteiger partial charge in [0, 0.05) is 32.3 Å². The molecule has 0 spiro atoms. The second-order valence-corrected chi connectivity index (χ2v) is 10.6. The van der Waals surface area contributed by atoms with Gasteiger partial charge in [-0.3, -0.25) is 10.0 Å². The number of aliphatic imine (C=N–C) groups is 1. The number of hydrazone groups is 1. The van der Waals surface area contributed by atoms with E-state index in [1.54, 1.807) is 12.3 Å². The molecule has 0 atom stereocenters. The summed E-state index contributed by atoms with van der Waals surface area (Å²) in [6.45, 7) is 2.29. The lowest BCUT2D eigenvalue weighted by Crippen LogP contribution is -2.40. The van der Waals surface area contributed by atoms with Gasteiger partial charge in [0.05, 0.1) is 40.2 Å². The number of hydrogen-bond acceptors (Lipinski definition) is 6. The Bertz CT molecular complexity index is 1350. The maximum atomic E-state index is 13.0. The van der Waals surface area contributed by atoms with Crippen molar-refractivity contribution in [1.82, 2.24) is 4.31 Å². The highest BCUT2D eigenvalue weighted by molar-refractivity contribution is 7.89. The number of morpholine rings is 1. The SMILES string of the molecule is O=S(=O)(c1ccc(Cl)c(N=Cc2ccc(N3CCC(c4ccccc4)=N3)cc2)c1)N1CCOCC1. The second kappa shape index (κ2) is 10.3. The molecule has 2 heterocycles. The molecule has 0 saturated carbocycles. The van der Waals surface area contributed by atoms with Crippen LogP contribution >= 0.6 is 11.6 Å². The number of rotatable bonds is 6. The molecule has 0 unspecified atom stereocenters. The Hall–Kier alpha value is -3.04. The Morgan fingerprint density at radius 3 is 2.43 bits per heavy atom. The van der Waals surface area contributed by atoms with Gasteiger partial charge >= 0.3 is 0 Å². The fourth-order valence-electron chi connectivity index (χ4n) is 4.04. The van der Waals surface area contributed by atoms with Crippen LogP contribution in [-0.4, -0.2) is 57.5 Å². The summed E-state index contributed by atoms with van der Waals surface area (Å²) in [6, 6.07) is 22.7. The zero-order valence-electron chi connectivity index (χ0n) is 19.0. The molecule has 7 nitrogen and oxygen atoms in total. The first-order valence-corrected chi connectivity index (χ1v) is 13.2. The molecule has 0 N–H and O–H groups in total. The van der Waals surface area contributed by atoms with E-state index >= 15 is 0 Å². The van der Waals surface area contributed by atoms with E-state index in [0.717, 1.165) is 35.5 Å². The number of sulfonamides is 1. The molecule has 1 saturated heterocycles. The summed E-state index contributed by atoms with van der Waals surface area (Å²) in [7, 11) is -3.62. The zero-order chi connectivity index (χ0) is 24.3. The summed E-state index contributed by atoms with van der Waals surface area (Å²) >= 11 is 6.31.